The fourth-order valence-electron chi connectivity index (χ4n) is 2.08. The van der Waals surface area contributed by atoms with Crippen LogP contribution in [0.25, 0.3) is 0 Å². The Morgan fingerprint density at radius 3 is 2.83 bits per heavy atom. The summed E-state index contributed by atoms with van der Waals surface area (Å²) in [5, 5.41) is 0.766. The zero-order chi connectivity index (χ0) is 9.14. The maximum Gasteiger partial charge on any atom is 0.0338 e. The van der Waals surface area contributed by atoms with Crippen LogP contribution in [0.1, 0.15) is 26.7 Å². The maximum absolute atomic E-state index is 5.79. The van der Waals surface area contributed by atoms with Crippen molar-refractivity contribution in [2.45, 2.75) is 32.7 Å². The lowest BCUT2D eigenvalue weighted by molar-refractivity contribution is 0.270. The molecule has 1 saturated heterocycles. The lowest BCUT2D eigenvalue weighted by Crippen LogP contribution is -2.29. The van der Waals surface area contributed by atoms with Crippen LogP contribution in [-0.4, -0.2) is 24.0 Å². The van der Waals surface area contributed by atoms with Crippen LogP contribution < -0.4 is 0 Å². The molecule has 1 aliphatic rings. The van der Waals surface area contributed by atoms with Gasteiger partial charge < -0.3 is 0 Å². The number of rotatable bonds is 3. The number of hydrogen-bond acceptors (Lipinski definition) is 1. The lowest BCUT2D eigenvalue weighted by atomic mass is 10.1. The van der Waals surface area contributed by atoms with E-state index in [0.29, 0.717) is 0 Å². The Bertz CT molecular complexity index is 167. The molecule has 1 aliphatic heterocycles. The van der Waals surface area contributed by atoms with E-state index in [-0.39, 0.29) is 0 Å². The highest BCUT2D eigenvalue weighted by Gasteiger charge is 2.27. The van der Waals surface area contributed by atoms with Gasteiger partial charge in [-0.25, -0.2) is 0 Å². The molecule has 0 aromatic heterocycles. The minimum absolute atomic E-state index is 0.732. The lowest BCUT2D eigenvalue weighted by Gasteiger charge is -2.22. The van der Waals surface area contributed by atoms with Gasteiger partial charge in [0.1, 0.15) is 0 Å². The predicted octanol–water partition coefficient (Wildman–Crippen LogP) is 2.86. The molecular weight excluding hydrogens is 170 g/mol. The summed E-state index contributed by atoms with van der Waals surface area (Å²) < 4.78 is 0. The summed E-state index contributed by atoms with van der Waals surface area (Å²) in [5.41, 5.74) is 0. The molecule has 1 fully saturated rings. The van der Waals surface area contributed by atoms with Crippen LogP contribution in [-0.2, 0) is 0 Å². The second-order valence-electron chi connectivity index (χ2n) is 3.85. The summed E-state index contributed by atoms with van der Waals surface area (Å²) in [6.07, 6.45) is 2.55. The standard InChI is InChI=1S/C10H18ClN/c1-4-10-5-8(2)6-12(10)7-9(3)11/h8,10H,3-7H2,1-2H3. The highest BCUT2D eigenvalue weighted by molar-refractivity contribution is 6.29. The van der Waals surface area contributed by atoms with Gasteiger partial charge in [-0.05, 0) is 18.8 Å². The summed E-state index contributed by atoms with van der Waals surface area (Å²) in [6, 6.07) is 0.732. The van der Waals surface area contributed by atoms with Gasteiger partial charge in [0, 0.05) is 24.2 Å². The third-order valence-corrected chi connectivity index (χ3v) is 2.70. The largest absolute Gasteiger partial charge is 0.295 e. The first-order valence-electron chi connectivity index (χ1n) is 4.70. The monoisotopic (exact) mass is 187 g/mol. The highest BCUT2D eigenvalue weighted by atomic mass is 35.5. The Labute approximate surface area is 80.4 Å². The van der Waals surface area contributed by atoms with E-state index in [2.05, 4.69) is 25.3 Å². The first kappa shape index (κ1) is 10.1. The summed E-state index contributed by atoms with van der Waals surface area (Å²) in [6.45, 7) is 10.3. The van der Waals surface area contributed by atoms with Gasteiger partial charge in [-0.3, -0.25) is 4.90 Å². The van der Waals surface area contributed by atoms with Crippen LogP contribution in [0.3, 0.4) is 0 Å². The fourth-order valence-corrected chi connectivity index (χ4v) is 2.23. The molecule has 0 aliphatic carbocycles. The molecule has 0 aromatic rings. The molecule has 70 valence electrons. The molecule has 2 unspecified atom stereocenters. The minimum Gasteiger partial charge on any atom is -0.295 e. The topological polar surface area (TPSA) is 3.24 Å². The molecule has 0 N–H and O–H groups in total. The third-order valence-electron chi connectivity index (χ3n) is 2.58. The molecule has 2 atom stereocenters. The van der Waals surface area contributed by atoms with E-state index < -0.39 is 0 Å². The van der Waals surface area contributed by atoms with E-state index in [0.717, 1.165) is 23.5 Å². The van der Waals surface area contributed by atoms with Gasteiger partial charge in [0.05, 0.1) is 0 Å². The first-order valence-corrected chi connectivity index (χ1v) is 5.08. The first-order chi connectivity index (χ1) is 5.63. The van der Waals surface area contributed by atoms with Gasteiger partial charge >= 0.3 is 0 Å². The average Bonchev–Trinajstić information content (AvgIpc) is 2.29. The smallest absolute Gasteiger partial charge is 0.0338 e. The van der Waals surface area contributed by atoms with E-state index in [4.69, 9.17) is 11.6 Å². The molecule has 12 heavy (non-hydrogen) atoms. The second-order valence-corrected chi connectivity index (χ2v) is 4.38. The van der Waals surface area contributed by atoms with Gasteiger partial charge in [0.15, 0.2) is 0 Å². The Balaban J connectivity index is 2.46. The van der Waals surface area contributed by atoms with Crippen LogP contribution in [0.15, 0.2) is 11.6 Å². The van der Waals surface area contributed by atoms with Gasteiger partial charge in [-0.2, -0.15) is 0 Å². The highest BCUT2D eigenvalue weighted by Crippen LogP contribution is 2.25. The van der Waals surface area contributed by atoms with Crippen molar-refractivity contribution in [1.29, 1.82) is 0 Å². The van der Waals surface area contributed by atoms with E-state index in [1.165, 1.54) is 19.4 Å². The van der Waals surface area contributed by atoms with Crippen LogP contribution in [0.2, 0.25) is 0 Å². The molecule has 0 radical (unpaired) electrons. The van der Waals surface area contributed by atoms with Crippen molar-refractivity contribution >= 4 is 11.6 Å². The third kappa shape index (κ3) is 2.49. The maximum atomic E-state index is 5.79. The Morgan fingerprint density at radius 2 is 2.33 bits per heavy atom. The Morgan fingerprint density at radius 1 is 1.67 bits per heavy atom. The van der Waals surface area contributed by atoms with Gasteiger partial charge in [-0.1, -0.05) is 32.0 Å². The molecule has 0 aromatic carbocycles. The Kier molecular flexibility index (Phi) is 3.60. The number of halogens is 1. The zero-order valence-corrected chi connectivity index (χ0v) is 8.77. The van der Waals surface area contributed by atoms with E-state index in [1.54, 1.807) is 0 Å². The molecule has 1 rings (SSSR count). The zero-order valence-electron chi connectivity index (χ0n) is 8.02. The number of hydrogen-bond donors (Lipinski definition) is 0. The van der Waals surface area contributed by atoms with Crippen molar-refractivity contribution in [2.24, 2.45) is 5.92 Å². The van der Waals surface area contributed by atoms with Crippen molar-refractivity contribution in [2.75, 3.05) is 13.1 Å². The SMILES string of the molecule is C=C(Cl)CN1CC(C)CC1CC. The van der Waals surface area contributed by atoms with Gasteiger partial charge in [0.2, 0.25) is 0 Å². The van der Waals surface area contributed by atoms with Gasteiger partial charge in [-0.15, -0.1) is 0 Å². The van der Waals surface area contributed by atoms with Crippen molar-refractivity contribution in [3.8, 4) is 0 Å². The van der Waals surface area contributed by atoms with Crippen LogP contribution in [0.4, 0.5) is 0 Å². The van der Waals surface area contributed by atoms with Crippen molar-refractivity contribution in [3.05, 3.63) is 11.6 Å². The number of likely N-dealkylation sites (tertiary alicyclic amines) is 1. The van der Waals surface area contributed by atoms with E-state index >= 15 is 0 Å². The normalized spacial score (nSPS) is 30.9. The molecule has 1 heterocycles. The quantitative estimate of drug-likeness (QED) is 0.657. The van der Waals surface area contributed by atoms with E-state index in [9.17, 15) is 0 Å². The molecule has 0 bridgehead atoms. The summed E-state index contributed by atoms with van der Waals surface area (Å²) in [4.78, 5) is 2.44. The predicted molar refractivity (Wildman–Crippen MR) is 54.4 cm³/mol. The molecule has 0 saturated carbocycles. The number of nitrogens with zero attached hydrogens (tertiary/aromatic N) is 1. The van der Waals surface area contributed by atoms with Crippen molar-refractivity contribution in [1.82, 2.24) is 4.90 Å². The van der Waals surface area contributed by atoms with E-state index in [1.807, 2.05) is 0 Å². The minimum atomic E-state index is 0.732. The van der Waals surface area contributed by atoms with Crippen LogP contribution in [0.5, 0.6) is 0 Å². The molecule has 1 nitrogen and oxygen atoms in total. The van der Waals surface area contributed by atoms with Crippen LogP contribution >= 0.6 is 11.6 Å². The molecule has 0 spiro atoms. The average molecular weight is 188 g/mol. The second kappa shape index (κ2) is 4.29. The van der Waals surface area contributed by atoms with Crippen molar-refractivity contribution < 1.29 is 0 Å². The fraction of sp³-hybridized carbons (Fsp3) is 0.800. The van der Waals surface area contributed by atoms with Crippen LogP contribution in [0, 0.1) is 5.92 Å². The van der Waals surface area contributed by atoms with Crippen molar-refractivity contribution in [3.63, 3.8) is 0 Å². The Hall–Kier alpha value is -0.0100. The molecule has 2 heteroatoms. The summed E-state index contributed by atoms with van der Waals surface area (Å²) in [5.74, 6) is 0.825. The van der Waals surface area contributed by atoms with Gasteiger partial charge in [0.25, 0.3) is 0 Å². The summed E-state index contributed by atoms with van der Waals surface area (Å²) >= 11 is 5.79. The molecular formula is C10H18ClN. The summed E-state index contributed by atoms with van der Waals surface area (Å²) in [7, 11) is 0. The molecule has 0 amide bonds.